The van der Waals surface area contributed by atoms with Gasteiger partial charge in [0.05, 0.1) is 17.3 Å². The topological polar surface area (TPSA) is 82.2 Å². The Balaban J connectivity index is 2.23. The molecule has 0 aromatic heterocycles. The Morgan fingerprint density at radius 1 is 1.42 bits per heavy atom. The minimum absolute atomic E-state index is 0.313. The van der Waals surface area contributed by atoms with Crippen molar-refractivity contribution in [2.24, 2.45) is 5.73 Å². The number of amides is 1. The highest BCUT2D eigenvalue weighted by Gasteiger charge is 2.19. The van der Waals surface area contributed by atoms with Gasteiger partial charge in [-0.2, -0.15) is 0 Å². The average molecular weight is 326 g/mol. The van der Waals surface area contributed by atoms with Gasteiger partial charge in [0.15, 0.2) is 0 Å². The number of nitrogens with two attached hydrogens (primary N) is 1. The van der Waals surface area contributed by atoms with E-state index in [4.69, 9.17) is 11.1 Å². The highest BCUT2D eigenvalue weighted by molar-refractivity contribution is 5.98. The van der Waals surface area contributed by atoms with Crippen molar-refractivity contribution in [1.29, 1.82) is 5.41 Å². The van der Waals surface area contributed by atoms with E-state index in [0.29, 0.717) is 22.7 Å². The molecule has 1 aromatic rings. The summed E-state index contributed by atoms with van der Waals surface area (Å²) in [5, 5.41) is 9.73. The highest BCUT2D eigenvalue weighted by Crippen LogP contribution is 2.26. The quantitative estimate of drug-likeness (QED) is 0.727. The van der Waals surface area contributed by atoms with Gasteiger partial charge >= 0.3 is 0 Å². The van der Waals surface area contributed by atoms with E-state index < -0.39 is 11.9 Å². The van der Waals surface area contributed by atoms with Crippen LogP contribution in [-0.2, 0) is 4.79 Å². The van der Waals surface area contributed by atoms with Crippen LogP contribution in [-0.4, -0.2) is 18.2 Å². The van der Waals surface area contributed by atoms with Crippen molar-refractivity contribution in [3.05, 3.63) is 78.1 Å². The number of allylic oxidation sites excluding steroid dienone is 2. The van der Waals surface area contributed by atoms with E-state index in [-0.39, 0.29) is 5.91 Å². The third-order valence-electron chi connectivity index (χ3n) is 3.53. The Morgan fingerprint density at radius 2 is 2.12 bits per heavy atom. The van der Waals surface area contributed by atoms with Gasteiger partial charge in [-0.3, -0.25) is 4.79 Å². The monoisotopic (exact) mass is 326 g/mol. The van der Waals surface area contributed by atoms with Crippen LogP contribution in [0.25, 0.3) is 0 Å². The number of carbonyl (C=O) groups excluding carboxylic acids is 1. The minimum atomic E-state index is -0.430. The molecule has 1 aliphatic heterocycles. The van der Waals surface area contributed by atoms with Crippen molar-refractivity contribution in [1.82, 2.24) is 5.32 Å². The Bertz CT molecular complexity index is 764. The summed E-state index contributed by atoms with van der Waals surface area (Å²) in [5.41, 5.74) is 7.33. The van der Waals surface area contributed by atoms with Crippen LogP contribution in [0.5, 0.6) is 0 Å². The summed E-state index contributed by atoms with van der Waals surface area (Å²) in [5.74, 6) is -0.759. The third kappa shape index (κ3) is 3.78. The van der Waals surface area contributed by atoms with E-state index in [1.165, 1.54) is 23.2 Å². The predicted octanol–water partition coefficient (Wildman–Crippen LogP) is 2.60. The van der Waals surface area contributed by atoms with Gasteiger partial charge < -0.3 is 21.4 Å². The lowest BCUT2D eigenvalue weighted by Crippen LogP contribution is -2.38. The zero-order chi connectivity index (χ0) is 17.7. The van der Waals surface area contributed by atoms with Gasteiger partial charge in [-0.1, -0.05) is 18.7 Å². The van der Waals surface area contributed by atoms with Crippen LogP contribution in [0.15, 0.2) is 72.2 Å². The molecule has 0 radical (unpaired) electrons. The van der Waals surface area contributed by atoms with Crippen LogP contribution < -0.4 is 16.0 Å². The average Bonchev–Trinajstić information content (AvgIpc) is 2.56. The van der Waals surface area contributed by atoms with E-state index in [1.807, 2.05) is 0 Å². The number of nitrogens with zero attached hydrogens (tertiary/aromatic N) is 1. The summed E-state index contributed by atoms with van der Waals surface area (Å²) in [6.45, 7) is 5.58. The summed E-state index contributed by atoms with van der Waals surface area (Å²) in [6, 6.07) is 5.83. The molecule has 124 valence electrons. The van der Waals surface area contributed by atoms with Crippen molar-refractivity contribution in [2.45, 2.75) is 13.0 Å². The second-order valence-electron chi connectivity index (χ2n) is 5.26. The lowest BCUT2D eigenvalue weighted by atomic mass is 10.1. The number of carbonyl (C=O) groups is 1. The van der Waals surface area contributed by atoms with Crippen LogP contribution in [0.2, 0.25) is 0 Å². The standard InChI is InChI=1S/C18H19FN4O/c1-12-7-8-14(18(24)22-13(2)16(21)9-10-20)11-23(12)17-6-4-3-5-15(17)19/h3-11,13,20H,1,21H2,2H3,(H,22,24)/t13-/m1/s1. The first-order valence-corrected chi connectivity index (χ1v) is 7.33. The smallest absolute Gasteiger partial charge is 0.253 e. The Morgan fingerprint density at radius 3 is 2.79 bits per heavy atom. The van der Waals surface area contributed by atoms with E-state index in [1.54, 1.807) is 37.3 Å². The van der Waals surface area contributed by atoms with Gasteiger partial charge in [-0.25, -0.2) is 4.39 Å². The molecule has 0 aliphatic carbocycles. The van der Waals surface area contributed by atoms with Gasteiger partial charge in [-0.15, -0.1) is 0 Å². The minimum Gasteiger partial charge on any atom is -0.400 e. The number of hydrogen-bond acceptors (Lipinski definition) is 4. The number of halogens is 1. The number of rotatable bonds is 5. The van der Waals surface area contributed by atoms with Crippen molar-refractivity contribution in [2.75, 3.05) is 4.90 Å². The molecule has 0 fully saturated rings. The van der Waals surface area contributed by atoms with Crippen molar-refractivity contribution in [3.63, 3.8) is 0 Å². The molecule has 1 aromatic carbocycles. The molecule has 0 bridgehead atoms. The van der Waals surface area contributed by atoms with Crippen LogP contribution in [0.3, 0.4) is 0 Å². The number of benzene rings is 1. The first-order chi connectivity index (χ1) is 11.4. The second-order valence-corrected chi connectivity index (χ2v) is 5.26. The van der Waals surface area contributed by atoms with Gasteiger partial charge in [0.1, 0.15) is 5.82 Å². The third-order valence-corrected chi connectivity index (χ3v) is 3.53. The molecule has 0 saturated heterocycles. The molecule has 0 saturated carbocycles. The number of para-hydroxylation sites is 1. The second kappa shape index (κ2) is 7.41. The molecule has 1 atom stereocenters. The van der Waals surface area contributed by atoms with Crippen LogP contribution in [0.4, 0.5) is 10.1 Å². The fraction of sp³-hybridized carbons (Fsp3) is 0.111. The van der Waals surface area contributed by atoms with Crippen molar-refractivity contribution in [3.8, 4) is 0 Å². The SMILES string of the molecule is C=C1C=CC(C(=O)N[C@H](C)C(N)=CC=N)=CN1c1ccccc1F. The lowest BCUT2D eigenvalue weighted by molar-refractivity contribution is -0.117. The van der Waals surface area contributed by atoms with E-state index in [2.05, 4.69) is 11.9 Å². The van der Waals surface area contributed by atoms with E-state index >= 15 is 0 Å². The molecule has 6 heteroatoms. The van der Waals surface area contributed by atoms with Gasteiger partial charge in [-0.05, 0) is 37.3 Å². The number of hydrogen-bond donors (Lipinski definition) is 3. The van der Waals surface area contributed by atoms with Crippen molar-refractivity contribution >= 4 is 17.8 Å². The normalized spacial score (nSPS) is 15.8. The summed E-state index contributed by atoms with van der Waals surface area (Å²) in [7, 11) is 0. The fourth-order valence-corrected chi connectivity index (χ4v) is 2.14. The molecule has 1 aliphatic rings. The molecular formula is C18H19FN4O. The van der Waals surface area contributed by atoms with Crippen LogP contribution in [0, 0.1) is 11.2 Å². The Kier molecular flexibility index (Phi) is 5.31. The molecular weight excluding hydrogens is 307 g/mol. The molecule has 2 rings (SSSR count). The molecule has 0 spiro atoms. The van der Waals surface area contributed by atoms with Crippen molar-refractivity contribution < 1.29 is 9.18 Å². The molecule has 5 nitrogen and oxygen atoms in total. The van der Waals surface area contributed by atoms with Crippen LogP contribution >= 0.6 is 0 Å². The predicted molar refractivity (Wildman–Crippen MR) is 93.9 cm³/mol. The maximum absolute atomic E-state index is 14.0. The highest BCUT2D eigenvalue weighted by atomic mass is 19.1. The maximum Gasteiger partial charge on any atom is 0.253 e. The molecule has 0 unspecified atom stereocenters. The number of nitrogens with one attached hydrogen (secondary N) is 2. The summed E-state index contributed by atoms with van der Waals surface area (Å²) < 4.78 is 14.0. The zero-order valence-corrected chi connectivity index (χ0v) is 13.3. The van der Waals surface area contributed by atoms with E-state index in [0.717, 1.165) is 6.21 Å². The molecule has 1 amide bonds. The van der Waals surface area contributed by atoms with Gasteiger partial charge in [0.25, 0.3) is 5.91 Å². The Hall–Kier alpha value is -3.15. The molecule has 24 heavy (non-hydrogen) atoms. The summed E-state index contributed by atoms with van der Waals surface area (Å²) in [4.78, 5) is 13.9. The van der Waals surface area contributed by atoms with Crippen LogP contribution in [0.1, 0.15) is 6.92 Å². The fourth-order valence-electron chi connectivity index (χ4n) is 2.14. The van der Waals surface area contributed by atoms with E-state index in [9.17, 15) is 9.18 Å². The summed E-state index contributed by atoms with van der Waals surface area (Å²) in [6.07, 6.45) is 7.24. The largest absolute Gasteiger partial charge is 0.400 e. The molecule has 1 heterocycles. The number of anilines is 1. The first kappa shape index (κ1) is 17.2. The Labute approximate surface area is 140 Å². The van der Waals surface area contributed by atoms with Gasteiger partial charge in [0.2, 0.25) is 0 Å². The summed E-state index contributed by atoms with van der Waals surface area (Å²) >= 11 is 0. The maximum atomic E-state index is 14.0. The zero-order valence-electron chi connectivity index (χ0n) is 13.3. The van der Waals surface area contributed by atoms with Gasteiger partial charge in [0, 0.05) is 23.8 Å². The molecule has 4 N–H and O–H groups in total. The first-order valence-electron chi connectivity index (χ1n) is 7.33. The lowest BCUT2D eigenvalue weighted by Gasteiger charge is -2.26.